The van der Waals surface area contributed by atoms with E-state index in [-0.39, 0.29) is 0 Å². The largest absolute Gasteiger partial charge is 0.301 e. The molecule has 0 saturated heterocycles. The highest BCUT2D eigenvalue weighted by Crippen LogP contribution is 2.32. The van der Waals surface area contributed by atoms with E-state index in [1.807, 2.05) is 0 Å². The van der Waals surface area contributed by atoms with Gasteiger partial charge in [0.25, 0.3) is 0 Å². The Labute approximate surface area is 99.3 Å². The fraction of sp³-hybridized carbons (Fsp3) is 0.333. The van der Waals surface area contributed by atoms with Crippen LogP contribution >= 0.6 is 22.9 Å². The third kappa shape index (κ3) is 2.03. The highest BCUT2D eigenvalue weighted by molar-refractivity contribution is 7.17. The van der Waals surface area contributed by atoms with Crippen molar-refractivity contribution < 1.29 is 0 Å². The smallest absolute Gasteiger partial charge is 0.0492 e. The summed E-state index contributed by atoms with van der Waals surface area (Å²) in [5.41, 5.74) is 1.34. The molecular formula is C12H14ClNS. The van der Waals surface area contributed by atoms with Gasteiger partial charge < -0.3 is 4.90 Å². The maximum atomic E-state index is 6.02. The number of benzene rings is 1. The van der Waals surface area contributed by atoms with Crippen LogP contribution in [0.4, 0.5) is 0 Å². The van der Waals surface area contributed by atoms with Crippen LogP contribution in [-0.2, 0) is 0 Å². The molecule has 2 aromatic rings. The molecule has 0 aliphatic carbocycles. The normalized spacial score (nSPS) is 13.6. The Hall–Kier alpha value is -0.570. The van der Waals surface area contributed by atoms with Crippen LogP contribution in [-0.4, -0.2) is 24.9 Å². The van der Waals surface area contributed by atoms with Gasteiger partial charge in [0.05, 0.1) is 0 Å². The molecule has 0 aliphatic rings. The van der Waals surface area contributed by atoms with E-state index in [0.29, 0.717) is 11.9 Å². The number of halogens is 1. The minimum atomic E-state index is 0.308. The van der Waals surface area contributed by atoms with Gasteiger partial charge >= 0.3 is 0 Å². The summed E-state index contributed by atoms with van der Waals surface area (Å²) in [7, 11) is 4.14. The molecule has 0 fully saturated rings. The molecule has 0 saturated carbocycles. The molecule has 80 valence electrons. The van der Waals surface area contributed by atoms with E-state index in [1.165, 1.54) is 15.6 Å². The van der Waals surface area contributed by atoms with Gasteiger partial charge in [-0.2, -0.15) is 0 Å². The van der Waals surface area contributed by atoms with Gasteiger partial charge in [0.2, 0.25) is 0 Å². The Balaban J connectivity index is 2.51. The Kier molecular flexibility index (Phi) is 3.29. The van der Waals surface area contributed by atoms with Crippen molar-refractivity contribution in [1.29, 1.82) is 0 Å². The first-order valence-electron chi connectivity index (χ1n) is 4.92. The zero-order valence-electron chi connectivity index (χ0n) is 8.90. The van der Waals surface area contributed by atoms with E-state index < -0.39 is 0 Å². The van der Waals surface area contributed by atoms with Crippen molar-refractivity contribution in [3.05, 3.63) is 35.2 Å². The van der Waals surface area contributed by atoms with Crippen LogP contribution in [0.3, 0.4) is 0 Å². The van der Waals surface area contributed by atoms with E-state index in [4.69, 9.17) is 11.6 Å². The predicted molar refractivity (Wildman–Crippen MR) is 69.0 cm³/mol. The molecule has 1 aromatic carbocycles. The number of rotatable bonds is 3. The number of fused-ring (bicyclic) bond motifs is 1. The van der Waals surface area contributed by atoms with E-state index in [9.17, 15) is 0 Å². The van der Waals surface area contributed by atoms with Gasteiger partial charge in [-0.25, -0.2) is 0 Å². The van der Waals surface area contributed by atoms with Crippen molar-refractivity contribution in [2.45, 2.75) is 6.04 Å². The third-order valence-corrected chi connectivity index (χ3v) is 3.91. The fourth-order valence-electron chi connectivity index (χ4n) is 1.76. The molecule has 0 N–H and O–H groups in total. The first kappa shape index (κ1) is 10.9. The van der Waals surface area contributed by atoms with Crippen LogP contribution in [0.1, 0.15) is 11.6 Å². The van der Waals surface area contributed by atoms with E-state index in [0.717, 1.165) is 0 Å². The van der Waals surface area contributed by atoms with Gasteiger partial charge in [0.15, 0.2) is 0 Å². The number of hydrogen-bond acceptors (Lipinski definition) is 2. The van der Waals surface area contributed by atoms with E-state index in [2.05, 4.69) is 48.6 Å². The second-order valence-electron chi connectivity index (χ2n) is 3.82. The van der Waals surface area contributed by atoms with Crippen LogP contribution in [0.5, 0.6) is 0 Å². The highest BCUT2D eigenvalue weighted by Gasteiger charge is 2.16. The molecule has 1 aromatic heterocycles. The molecule has 3 heteroatoms. The molecule has 1 heterocycles. The molecule has 0 amide bonds. The first-order chi connectivity index (χ1) is 7.24. The average molecular weight is 240 g/mol. The van der Waals surface area contributed by atoms with Gasteiger partial charge in [0.1, 0.15) is 0 Å². The molecule has 15 heavy (non-hydrogen) atoms. The lowest BCUT2D eigenvalue weighted by molar-refractivity contribution is 0.327. The minimum absolute atomic E-state index is 0.308. The van der Waals surface area contributed by atoms with E-state index >= 15 is 0 Å². The molecule has 1 nitrogen and oxygen atoms in total. The summed E-state index contributed by atoms with van der Waals surface area (Å²) in [6.45, 7) is 0. The summed E-state index contributed by atoms with van der Waals surface area (Å²) >= 11 is 7.81. The maximum absolute atomic E-state index is 6.02. The van der Waals surface area contributed by atoms with Gasteiger partial charge in [0, 0.05) is 16.6 Å². The number of nitrogens with zero attached hydrogens (tertiary/aromatic N) is 1. The Morgan fingerprint density at radius 2 is 2.07 bits per heavy atom. The van der Waals surface area contributed by atoms with Crippen LogP contribution in [0.25, 0.3) is 10.1 Å². The van der Waals surface area contributed by atoms with Gasteiger partial charge in [-0.1, -0.05) is 18.2 Å². The summed E-state index contributed by atoms with van der Waals surface area (Å²) in [5, 5.41) is 3.56. The molecular weight excluding hydrogens is 226 g/mol. The monoisotopic (exact) mass is 239 g/mol. The molecule has 0 radical (unpaired) electrons. The number of alkyl halides is 1. The Morgan fingerprint density at radius 3 is 2.73 bits per heavy atom. The summed E-state index contributed by atoms with van der Waals surface area (Å²) < 4.78 is 1.34. The molecule has 1 atom stereocenters. The SMILES string of the molecule is CN(C)C(CCl)c1csc2ccccc12. The molecule has 0 spiro atoms. The summed E-state index contributed by atoms with van der Waals surface area (Å²) in [6, 6.07) is 8.80. The zero-order valence-corrected chi connectivity index (χ0v) is 10.5. The molecule has 1 unspecified atom stereocenters. The molecule has 0 aliphatic heterocycles. The molecule has 2 rings (SSSR count). The first-order valence-corrected chi connectivity index (χ1v) is 6.34. The lowest BCUT2D eigenvalue weighted by Crippen LogP contribution is -2.20. The quantitative estimate of drug-likeness (QED) is 0.738. The summed E-state index contributed by atoms with van der Waals surface area (Å²) in [5.74, 6) is 0.633. The van der Waals surface area contributed by atoms with Crippen molar-refractivity contribution in [2.75, 3.05) is 20.0 Å². The van der Waals surface area contributed by atoms with Crippen molar-refractivity contribution >= 4 is 33.0 Å². The second kappa shape index (κ2) is 4.52. The fourth-order valence-corrected chi connectivity index (χ4v) is 3.21. The van der Waals surface area contributed by atoms with Crippen LogP contribution in [0.2, 0.25) is 0 Å². The zero-order chi connectivity index (χ0) is 10.8. The average Bonchev–Trinajstić information content (AvgIpc) is 2.63. The topological polar surface area (TPSA) is 3.24 Å². The van der Waals surface area contributed by atoms with Crippen LogP contribution in [0, 0.1) is 0 Å². The Morgan fingerprint density at radius 1 is 1.33 bits per heavy atom. The van der Waals surface area contributed by atoms with Crippen LogP contribution in [0.15, 0.2) is 29.6 Å². The maximum Gasteiger partial charge on any atom is 0.0492 e. The second-order valence-corrected chi connectivity index (χ2v) is 5.04. The van der Waals surface area contributed by atoms with Crippen molar-refractivity contribution in [3.8, 4) is 0 Å². The number of thiophene rings is 1. The van der Waals surface area contributed by atoms with Gasteiger partial charge in [-0.3, -0.25) is 0 Å². The standard InChI is InChI=1S/C12H14ClNS/c1-14(2)11(7-13)10-8-15-12-6-4-3-5-9(10)12/h3-6,8,11H,7H2,1-2H3. The molecule has 0 bridgehead atoms. The van der Waals surface area contributed by atoms with Crippen molar-refractivity contribution in [2.24, 2.45) is 0 Å². The lowest BCUT2D eigenvalue weighted by atomic mass is 10.1. The Bertz CT molecular complexity index is 450. The third-order valence-electron chi connectivity index (χ3n) is 2.64. The predicted octanol–water partition coefficient (Wildman–Crippen LogP) is 3.74. The summed E-state index contributed by atoms with van der Waals surface area (Å²) in [6.07, 6.45) is 0. The van der Waals surface area contributed by atoms with E-state index in [1.54, 1.807) is 11.3 Å². The highest BCUT2D eigenvalue weighted by atomic mass is 35.5. The van der Waals surface area contributed by atoms with Gasteiger partial charge in [-0.05, 0) is 36.5 Å². The lowest BCUT2D eigenvalue weighted by Gasteiger charge is -2.21. The van der Waals surface area contributed by atoms with Crippen LogP contribution < -0.4 is 0 Å². The minimum Gasteiger partial charge on any atom is -0.301 e. The number of hydrogen-bond donors (Lipinski definition) is 0. The van der Waals surface area contributed by atoms with Crippen molar-refractivity contribution in [1.82, 2.24) is 4.90 Å². The summed E-state index contributed by atoms with van der Waals surface area (Å²) in [4.78, 5) is 2.17. The van der Waals surface area contributed by atoms with Crippen molar-refractivity contribution in [3.63, 3.8) is 0 Å². The van der Waals surface area contributed by atoms with Gasteiger partial charge in [-0.15, -0.1) is 22.9 Å².